The minimum absolute atomic E-state index is 0.0797. The molecule has 0 radical (unpaired) electrons. The molecule has 342 valence electrons. The van der Waals surface area contributed by atoms with Crippen molar-refractivity contribution in [2.75, 3.05) is 34.9 Å². The first-order chi connectivity index (χ1) is 29.4. The molecule has 16 heteroatoms. The van der Waals surface area contributed by atoms with Gasteiger partial charge in [0.25, 0.3) is 0 Å². The van der Waals surface area contributed by atoms with Crippen molar-refractivity contribution < 1.29 is 67.0 Å². The smallest absolute Gasteiger partial charge is 0.457 e. The van der Waals surface area contributed by atoms with Crippen molar-refractivity contribution in [3.8, 4) is 0 Å². The van der Waals surface area contributed by atoms with Gasteiger partial charge in [0.2, 0.25) is 0 Å². The van der Waals surface area contributed by atoms with E-state index in [0.29, 0.717) is 6.61 Å². The second kappa shape index (κ2) is 20.9. The number of esters is 1. The SMILES string of the molecule is CCC1OC(=O)[C@H](C)C(=O)[C@H](C)[C@@H](O[C@@H]2O[C@H](COCc3ccccc3)[C@@H](OC)[C@H](N(C)C)[C@H]2O)[C@](C)(OC)C[C@@H](C)/C(=N\OC(=O)c2ccccc2)[C@H](C)[C@H]2OC(=O)O[C@]12C. The lowest BCUT2D eigenvalue weighted by Crippen LogP contribution is -2.66. The summed E-state index contributed by atoms with van der Waals surface area (Å²) < 4.78 is 49.3. The van der Waals surface area contributed by atoms with Crippen LogP contribution in [0.15, 0.2) is 65.8 Å². The van der Waals surface area contributed by atoms with Gasteiger partial charge >= 0.3 is 18.1 Å². The Bertz CT molecular complexity index is 1860. The molecule has 0 aliphatic carbocycles. The number of rotatable bonds is 12. The van der Waals surface area contributed by atoms with E-state index in [1.807, 2.05) is 42.2 Å². The lowest BCUT2D eigenvalue weighted by Gasteiger charge is -2.49. The van der Waals surface area contributed by atoms with Gasteiger partial charge in [-0.05, 0) is 65.4 Å². The van der Waals surface area contributed by atoms with Crippen molar-refractivity contribution in [3.05, 3.63) is 71.8 Å². The van der Waals surface area contributed by atoms with Crippen LogP contribution >= 0.6 is 0 Å². The number of Topliss-reactive ketones (excluding diaryl/α,β-unsaturated/α-hetero) is 1. The Balaban J connectivity index is 1.57. The molecule has 3 aliphatic heterocycles. The number of nitrogens with zero attached hydrogens (tertiary/aromatic N) is 2. The highest BCUT2D eigenvalue weighted by Crippen LogP contribution is 2.42. The van der Waals surface area contributed by atoms with Crippen LogP contribution in [0.1, 0.15) is 77.2 Å². The van der Waals surface area contributed by atoms with Crippen LogP contribution in [0.3, 0.4) is 0 Å². The van der Waals surface area contributed by atoms with E-state index >= 15 is 0 Å². The second-order valence-corrected chi connectivity index (χ2v) is 17.2. The first-order valence-electron chi connectivity index (χ1n) is 21.2. The molecule has 14 atom stereocenters. The number of ketones is 1. The first-order valence-corrected chi connectivity index (χ1v) is 21.2. The molecule has 0 aromatic heterocycles. The van der Waals surface area contributed by atoms with Gasteiger partial charge in [0.15, 0.2) is 23.8 Å². The van der Waals surface area contributed by atoms with Gasteiger partial charge in [-0.15, -0.1) is 0 Å². The zero-order valence-electron chi connectivity index (χ0n) is 37.7. The number of methoxy groups -OCH3 is 2. The van der Waals surface area contributed by atoms with Crippen LogP contribution in [0.4, 0.5) is 4.79 Å². The van der Waals surface area contributed by atoms with Crippen LogP contribution < -0.4 is 0 Å². The molecule has 1 N–H and O–H groups in total. The molecule has 5 rings (SSSR count). The monoisotopic (exact) mass is 868 g/mol. The number of cyclic esters (lactones) is 1. The highest BCUT2D eigenvalue weighted by Gasteiger charge is 2.59. The Morgan fingerprint density at radius 3 is 2.18 bits per heavy atom. The van der Waals surface area contributed by atoms with Crippen LogP contribution in [0, 0.1) is 23.7 Å². The number of likely N-dealkylation sites (N-methyl/N-ethyl adjacent to an activating group) is 1. The van der Waals surface area contributed by atoms with Crippen molar-refractivity contribution >= 4 is 29.6 Å². The number of fused-ring (bicyclic) bond motifs is 1. The molecule has 3 aliphatic rings. The van der Waals surface area contributed by atoms with Crippen LogP contribution in [-0.4, -0.2) is 135 Å². The minimum atomic E-state index is -1.53. The molecular weight excluding hydrogens is 805 g/mol. The van der Waals surface area contributed by atoms with Gasteiger partial charge in [-0.3, -0.25) is 9.59 Å². The molecule has 0 saturated carbocycles. The predicted molar refractivity (Wildman–Crippen MR) is 225 cm³/mol. The topological polar surface area (TPSA) is 187 Å². The number of carbonyl (C=O) groups is 4. The van der Waals surface area contributed by atoms with E-state index in [0.717, 1.165) is 5.56 Å². The van der Waals surface area contributed by atoms with Crippen LogP contribution in [0.5, 0.6) is 0 Å². The van der Waals surface area contributed by atoms with E-state index in [1.54, 1.807) is 79.0 Å². The average molecular weight is 869 g/mol. The molecule has 16 nitrogen and oxygen atoms in total. The quantitative estimate of drug-likeness (QED) is 0.124. The largest absolute Gasteiger partial charge is 0.509 e. The minimum Gasteiger partial charge on any atom is -0.457 e. The summed E-state index contributed by atoms with van der Waals surface area (Å²) in [5.74, 6) is -5.88. The number of carbonyl (C=O) groups excluding carboxylic acids is 4. The average Bonchev–Trinajstić information content (AvgIpc) is 3.58. The van der Waals surface area contributed by atoms with Gasteiger partial charge in [0.05, 0.1) is 42.2 Å². The van der Waals surface area contributed by atoms with Gasteiger partial charge < -0.3 is 52.7 Å². The van der Waals surface area contributed by atoms with E-state index in [-0.39, 0.29) is 30.7 Å². The third-order valence-electron chi connectivity index (χ3n) is 12.7. The third-order valence-corrected chi connectivity index (χ3v) is 12.7. The highest BCUT2D eigenvalue weighted by molar-refractivity contribution is 6.00. The molecule has 2 aromatic rings. The molecule has 0 amide bonds. The Labute approximate surface area is 364 Å². The van der Waals surface area contributed by atoms with E-state index < -0.39 is 108 Å². The van der Waals surface area contributed by atoms with E-state index in [9.17, 15) is 24.3 Å². The number of benzene rings is 2. The van der Waals surface area contributed by atoms with Crippen molar-refractivity contribution in [2.24, 2.45) is 28.8 Å². The zero-order valence-corrected chi connectivity index (χ0v) is 37.7. The normalized spacial score (nSPS) is 36.6. The van der Waals surface area contributed by atoms with Gasteiger partial charge in [-0.2, -0.15) is 0 Å². The van der Waals surface area contributed by atoms with Crippen LogP contribution in [-0.2, 0) is 58.9 Å². The van der Waals surface area contributed by atoms with Gasteiger partial charge in [0.1, 0.15) is 30.3 Å². The Kier molecular flexibility index (Phi) is 16.4. The maximum atomic E-state index is 14.6. The third kappa shape index (κ3) is 10.6. The summed E-state index contributed by atoms with van der Waals surface area (Å²) in [6, 6.07) is 17.3. The van der Waals surface area contributed by atoms with Crippen LogP contribution in [0.25, 0.3) is 0 Å². The first kappa shape index (κ1) is 48.7. The standard InChI is InChI=1S/C46H64N2O14/c1-12-33-46(7)40(60-44(53)61-46)27(3)34(47-62-42(52)31-21-17-14-18-22-31)26(2)23-45(6,55-11)39(28(4)36(49)29(5)41(51)58-33)59-43-37(50)35(48(8)9)38(54-10)32(57-43)25-56-24-30-19-15-13-16-20-30/h13-22,26-29,32-33,35,37-40,43,50H,12,23-25H2,1-11H3/b47-34+/t26-,27+,28+,29-,32-,33?,35-,37-,38-,39-,40-,43+,45-,46-/m1/s1. The van der Waals surface area contributed by atoms with Gasteiger partial charge in [-0.1, -0.05) is 81.4 Å². The summed E-state index contributed by atoms with van der Waals surface area (Å²) in [4.78, 5) is 62.2. The lowest BCUT2D eigenvalue weighted by atomic mass is 9.74. The lowest BCUT2D eigenvalue weighted by molar-refractivity contribution is -0.322. The molecule has 2 aromatic carbocycles. The van der Waals surface area contributed by atoms with Crippen LogP contribution in [0.2, 0.25) is 0 Å². The van der Waals surface area contributed by atoms with E-state index in [2.05, 4.69) is 5.16 Å². The van der Waals surface area contributed by atoms with Crippen molar-refractivity contribution in [3.63, 3.8) is 0 Å². The number of hydrogen-bond acceptors (Lipinski definition) is 16. The molecule has 3 fully saturated rings. The summed E-state index contributed by atoms with van der Waals surface area (Å²) in [6.45, 7) is 12.2. The maximum Gasteiger partial charge on any atom is 0.509 e. The summed E-state index contributed by atoms with van der Waals surface area (Å²) in [5.41, 5.74) is -1.41. The van der Waals surface area contributed by atoms with Crippen molar-refractivity contribution in [1.29, 1.82) is 0 Å². The van der Waals surface area contributed by atoms with E-state index in [4.69, 9.17) is 42.7 Å². The summed E-state index contributed by atoms with van der Waals surface area (Å²) >= 11 is 0. The summed E-state index contributed by atoms with van der Waals surface area (Å²) in [7, 11) is 6.61. The number of hydrogen-bond donors (Lipinski definition) is 1. The molecule has 1 unspecified atom stereocenters. The van der Waals surface area contributed by atoms with Crippen molar-refractivity contribution in [1.82, 2.24) is 4.90 Å². The molecule has 0 spiro atoms. The number of oxime groups is 1. The summed E-state index contributed by atoms with van der Waals surface area (Å²) in [5, 5.41) is 16.5. The Hall–Kier alpha value is -4.29. The second-order valence-electron chi connectivity index (χ2n) is 17.2. The fourth-order valence-corrected chi connectivity index (χ4v) is 9.21. The maximum absolute atomic E-state index is 14.6. The predicted octanol–water partition coefficient (Wildman–Crippen LogP) is 5.37. The Morgan fingerprint density at radius 1 is 0.935 bits per heavy atom. The fourth-order valence-electron chi connectivity index (χ4n) is 9.21. The Morgan fingerprint density at radius 2 is 1.58 bits per heavy atom. The number of ether oxygens (including phenoxy) is 8. The summed E-state index contributed by atoms with van der Waals surface area (Å²) in [6.07, 6.45) is -8.04. The molecule has 3 heterocycles. The van der Waals surface area contributed by atoms with Crippen molar-refractivity contribution in [2.45, 2.75) is 128 Å². The number of aliphatic hydroxyl groups is 1. The number of aliphatic hydroxyl groups excluding tert-OH is 1. The van der Waals surface area contributed by atoms with Gasteiger partial charge in [0, 0.05) is 32.0 Å². The van der Waals surface area contributed by atoms with E-state index in [1.165, 1.54) is 21.1 Å². The molecule has 3 saturated heterocycles. The highest BCUT2D eigenvalue weighted by atomic mass is 16.8. The molecular formula is C46H64N2O14. The molecule has 0 bridgehead atoms. The fraction of sp³-hybridized carbons (Fsp3) is 0.630. The van der Waals surface area contributed by atoms with Gasteiger partial charge in [-0.25, -0.2) is 9.59 Å². The molecule has 62 heavy (non-hydrogen) atoms. The zero-order chi connectivity index (χ0) is 45.5.